The van der Waals surface area contributed by atoms with Gasteiger partial charge in [0.1, 0.15) is 6.54 Å². The van der Waals surface area contributed by atoms with Crippen LogP contribution in [0.4, 0.5) is 0 Å². The summed E-state index contributed by atoms with van der Waals surface area (Å²) in [5, 5.41) is 13.7. The van der Waals surface area contributed by atoms with Crippen molar-refractivity contribution in [2.75, 3.05) is 13.1 Å². The first-order valence-electron chi connectivity index (χ1n) is 14.8. The molecule has 0 aliphatic heterocycles. The van der Waals surface area contributed by atoms with Gasteiger partial charge in [-0.3, -0.25) is 0 Å². The second-order valence-corrected chi connectivity index (χ2v) is 10.5. The van der Waals surface area contributed by atoms with Crippen LogP contribution < -0.4 is 0 Å². The highest BCUT2D eigenvalue weighted by molar-refractivity contribution is 5.13. The zero-order valence-electron chi connectivity index (χ0n) is 22.5. The van der Waals surface area contributed by atoms with Crippen molar-refractivity contribution >= 4 is 0 Å². The lowest BCUT2D eigenvalue weighted by Crippen LogP contribution is -2.43. The van der Waals surface area contributed by atoms with Gasteiger partial charge in [0.05, 0.1) is 13.1 Å². The number of rotatable bonds is 24. The Balaban J connectivity index is 2.22. The molecule has 0 saturated carbocycles. The number of benzene rings is 1. The first-order valence-corrected chi connectivity index (χ1v) is 14.8. The Morgan fingerprint density at radius 1 is 0.485 bits per heavy atom. The van der Waals surface area contributed by atoms with E-state index in [-0.39, 0.29) is 4.65 Å². The van der Waals surface area contributed by atoms with Crippen LogP contribution in [0.15, 0.2) is 30.3 Å². The Labute approximate surface area is 207 Å². The molecule has 0 unspecified atom stereocenters. The van der Waals surface area contributed by atoms with E-state index in [2.05, 4.69) is 38.1 Å². The fourth-order valence-corrected chi connectivity index (χ4v) is 4.96. The Hall–Kier alpha value is -0.860. The Morgan fingerprint density at radius 3 is 1.18 bits per heavy atom. The molecule has 0 aliphatic carbocycles. The first kappa shape index (κ1) is 30.2. The van der Waals surface area contributed by atoms with Crippen molar-refractivity contribution in [1.82, 2.24) is 0 Å². The summed E-state index contributed by atoms with van der Waals surface area (Å²) in [6, 6.07) is 10.4. The number of hydroxylamine groups is 3. The number of hydrogen-bond donors (Lipinski definition) is 0. The van der Waals surface area contributed by atoms with Gasteiger partial charge in [-0.05, 0) is 25.7 Å². The molecular formula is C31H57NO. The molecule has 2 nitrogen and oxygen atoms in total. The van der Waals surface area contributed by atoms with Crippen molar-refractivity contribution < 1.29 is 4.65 Å². The fourth-order valence-electron chi connectivity index (χ4n) is 4.96. The van der Waals surface area contributed by atoms with Crippen LogP contribution in [0.3, 0.4) is 0 Å². The Morgan fingerprint density at radius 2 is 0.818 bits per heavy atom. The number of quaternary nitrogens is 1. The van der Waals surface area contributed by atoms with Gasteiger partial charge in [-0.15, -0.1) is 0 Å². The number of unbranched alkanes of at least 4 members (excludes halogenated alkanes) is 18. The van der Waals surface area contributed by atoms with E-state index in [1.54, 1.807) is 0 Å². The predicted molar refractivity (Wildman–Crippen MR) is 147 cm³/mol. The summed E-state index contributed by atoms with van der Waals surface area (Å²) in [6.45, 7) is 6.80. The highest BCUT2D eigenvalue weighted by Gasteiger charge is 2.17. The molecular weight excluding hydrogens is 402 g/mol. The highest BCUT2D eigenvalue weighted by Crippen LogP contribution is 2.19. The molecule has 0 N–H and O–H groups in total. The molecule has 0 amide bonds. The third kappa shape index (κ3) is 18.2. The molecule has 192 valence electrons. The van der Waals surface area contributed by atoms with E-state index in [4.69, 9.17) is 0 Å². The summed E-state index contributed by atoms with van der Waals surface area (Å²) in [5.41, 5.74) is 1.20. The standard InChI is InChI=1S/C31H57NO/c1-3-5-7-9-11-13-15-17-19-24-28-32(33,30-31-26-22-21-23-27-31)29-25-20-18-16-14-12-10-8-6-4-2/h21-23,26-27H,3-20,24-25,28-30H2,1-2H3. The van der Waals surface area contributed by atoms with Crippen LogP contribution in [0.25, 0.3) is 0 Å². The second-order valence-electron chi connectivity index (χ2n) is 10.5. The van der Waals surface area contributed by atoms with E-state index < -0.39 is 0 Å². The maximum atomic E-state index is 13.7. The van der Waals surface area contributed by atoms with Gasteiger partial charge in [0.2, 0.25) is 0 Å². The van der Waals surface area contributed by atoms with Gasteiger partial charge in [0.15, 0.2) is 0 Å². The lowest BCUT2D eigenvalue weighted by Gasteiger charge is -2.43. The number of nitrogens with zero attached hydrogens (tertiary/aromatic N) is 1. The largest absolute Gasteiger partial charge is 0.633 e. The van der Waals surface area contributed by atoms with Crippen molar-refractivity contribution in [1.29, 1.82) is 0 Å². The number of hydrogen-bond acceptors (Lipinski definition) is 1. The average molecular weight is 460 g/mol. The van der Waals surface area contributed by atoms with Gasteiger partial charge in [-0.25, -0.2) is 0 Å². The third-order valence-corrected chi connectivity index (χ3v) is 7.15. The average Bonchev–Trinajstić information content (AvgIpc) is 2.82. The highest BCUT2D eigenvalue weighted by atomic mass is 16.5. The van der Waals surface area contributed by atoms with E-state index in [1.165, 1.54) is 121 Å². The molecule has 0 bridgehead atoms. The van der Waals surface area contributed by atoms with Crippen molar-refractivity contribution in [3.8, 4) is 0 Å². The van der Waals surface area contributed by atoms with Gasteiger partial charge >= 0.3 is 0 Å². The molecule has 33 heavy (non-hydrogen) atoms. The molecule has 0 saturated heterocycles. The maximum absolute atomic E-state index is 13.7. The van der Waals surface area contributed by atoms with Gasteiger partial charge in [-0.1, -0.05) is 147 Å². The topological polar surface area (TPSA) is 23.1 Å². The van der Waals surface area contributed by atoms with E-state index >= 15 is 0 Å². The van der Waals surface area contributed by atoms with Crippen LogP contribution >= 0.6 is 0 Å². The summed E-state index contributed by atoms with van der Waals surface area (Å²) < 4.78 is -0.0158. The van der Waals surface area contributed by atoms with Gasteiger partial charge in [0, 0.05) is 5.56 Å². The molecule has 0 spiro atoms. The van der Waals surface area contributed by atoms with Gasteiger partial charge in [0.25, 0.3) is 0 Å². The molecule has 0 aromatic heterocycles. The summed E-state index contributed by atoms with van der Waals surface area (Å²) in [6.07, 6.45) is 26.6. The zero-order chi connectivity index (χ0) is 23.9. The molecule has 1 rings (SSSR count). The molecule has 0 heterocycles. The second kappa shape index (κ2) is 21.7. The smallest absolute Gasteiger partial charge is 0.104 e. The van der Waals surface area contributed by atoms with Crippen LogP contribution in [0.1, 0.15) is 148 Å². The minimum Gasteiger partial charge on any atom is -0.633 e. The van der Waals surface area contributed by atoms with Crippen LogP contribution in [-0.2, 0) is 6.54 Å². The van der Waals surface area contributed by atoms with E-state index in [0.717, 1.165) is 25.9 Å². The van der Waals surface area contributed by atoms with Gasteiger partial charge in [-0.2, -0.15) is 0 Å². The van der Waals surface area contributed by atoms with Crippen LogP contribution in [-0.4, -0.2) is 17.7 Å². The molecule has 1 aromatic carbocycles. The molecule has 1 aromatic rings. The minimum atomic E-state index is -0.0158. The minimum absolute atomic E-state index is 0.0158. The summed E-state index contributed by atoms with van der Waals surface area (Å²) in [7, 11) is 0. The normalized spacial score (nSPS) is 11.8. The van der Waals surface area contributed by atoms with E-state index in [0.29, 0.717) is 6.54 Å². The fraction of sp³-hybridized carbons (Fsp3) is 0.806. The summed E-state index contributed by atoms with van der Waals surface area (Å²) >= 11 is 0. The monoisotopic (exact) mass is 459 g/mol. The van der Waals surface area contributed by atoms with Crippen LogP contribution in [0, 0.1) is 5.21 Å². The van der Waals surface area contributed by atoms with Gasteiger partial charge < -0.3 is 9.85 Å². The molecule has 0 atom stereocenters. The molecule has 0 fully saturated rings. The maximum Gasteiger partial charge on any atom is 0.104 e. The molecule has 0 radical (unpaired) electrons. The van der Waals surface area contributed by atoms with Crippen molar-refractivity contribution in [2.24, 2.45) is 0 Å². The first-order chi connectivity index (χ1) is 16.2. The summed E-state index contributed by atoms with van der Waals surface area (Å²) in [4.78, 5) is 0. The van der Waals surface area contributed by atoms with Crippen molar-refractivity contribution in [2.45, 2.75) is 149 Å². The van der Waals surface area contributed by atoms with Crippen molar-refractivity contribution in [3.63, 3.8) is 0 Å². The lowest BCUT2D eigenvalue weighted by molar-refractivity contribution is -0.894. The summed E-state index contributed by atoms with van der Waals surface area (Å²) in [5.74, 6) is 0. The van der Waals surface area contributed by atoms with Crippen LogP contribution in [0.2, 0.25) is 0 Å². The zero-order valence-corrected chi connectivity index (χ0v) is 22.5. The van der Waals surface area contributed by atoms with E-state index in [9.17, 15) is 5.21 Å². The Kier molecular flexibility index (Phi) is 19.8. The van der Waals surface area contributed by atoms with Crippen LogP contribution in [0.5, 0.6) is 0 Å². The lowest BCUT2D eigenvalue weighted by atomic mass is 10.1. The van der Waals surface area contributed by atoms with Crippen molar-refractivity contribution in [3.05, 3.63) is 41.1 Å². The SMILES string of the molecule is CCCCCCCCCCCC[N+]([O-])(CCCCCCCCCCCC)Cc1ccccc1. The molecule has 2 heteroatoms. The third-order valence-electron chi connectivity index (χ3n) is 7.15. The predicted octanol–water partition coefficient (Wildman–Crippen LogP) is 10.3. The van der Waals surface area contributed by atoms with E-state index in [1.807, 2.05) is 6.07 Å². The molecule has 0 aliphatic rings. The quantitative estimate of drug-likeness (QED) is 0.0856. The Bertz CT molecular complexity index is 491.